The zero-order valence-electron chi connectivity index (χ0n) is 22.7. The molecule has 202 valence electrons. The largest absolute Gasteiger partial charge is 0.490 e. The summed E-state index contributed by atoms with van der Waals surface area (Å²) in [6.07, 6.45) is 17.9. The molecule has 0 saturated carbocycles. The number of unbranched alkanes of at least 4 members (excludes halogenated alkanes) is 10. The van der Waals surface area contributed by atoms with Crippen molar-refractivity contribution >= 4 is 0 Å². The quantitative estimate of drug-likeness (QED) is 0.159. The lowest BCUT2D eigenvalue weighted by Gasteiger charge is -2.12. The van der Waals surface area contributed by atoms with Crippen molar-refractivity contribution in [2.45, 2.75) is 129 Å². The van der Waals surface area contributed by atoms with Gasteiger partial charge in [-0.3, -0.25) is 0 Å². The molecule has 3 nitrogen and oxygen atoms in total. The molecule has 0 bridgehead atoms. The molecule has 0 aliphatic rings. The maximum Gasteiger partial charge on any atom is 0.159 e. The Labute approximate surface area is 218 Å². The first-order valence-electron chi connectivity index (χ1n) is 14.4. The molecule has 0 N–H and O–H groups in total. The first kappa shape index (κ1) is 30.2. The Bertz CT molecular complexity index is 782. The minimum atomic E-state index is -1.18. The maximum absolute atomic E-state index is 13.9. The first-order chi connectivity index (χ1) is 17.6. The lowest BCUT2D eigenvalue weighted by molar-refractivity contribution is 0.175. The number of halogens is 2. The third kappa shape index (κ3) is 13.3. The number of alkyl halides is 2. The fourth-order valence-corrected chi connectivity index (χ4v) is 4.42. The molecule has 0 fully saturated rings. The van der Waals surface area contributed by atoms with E-state index in [1.165, 1.54) is 69.8 Å². The van der Waals surface area contributed by atoms with Gasteiger partial charge in [0.25, 0.3) is 0 Å². The van der Waals surface area contributed by atoms with Gasteiger partial charge in [-0.15, -0.1) is 0 Å². The first-order valence-corrected chi connectivity index (χ1v) is 14.4. The standard InChI is InChI=1S/C31H48F2N2O/c1-3-5-7-8-9-10-11-12-13-14-15-26-17-19-27(20-18-26)31-34-24-30(25-35-31)36-22-21-29(33)23-28(32)16-6-4-2/h17-20,24-25,28-29H,3-16,21-23H2,1-2H3. The molecule has 2 unspecified atom stereocenters. The van der Waals surface area contributed by atoms with Crippen molar-refractivity contribution in [1.82, 2.24) is 9.97 Å². The average molecular weight is 503 g/mol. The van der Waals surface area contributed by atoms with Crippen molar-refractivity contribution in [2.24, 2.45) is 0 Å². The van der Waals surface area contributed by atoms with Crippen molar-refractivity contribution < 1.29 is 13.5 Å². The fourth-order valence-electron chi connectivity index (χ4n) is 4.42. The van der Waals surface area contributed by atoms with Crippen molar-refractivity contribution in [3.8, 4) is 17.1 Å². The number of aryl methyl sites for hydroxylation is 1. The average Bonchev–Trinajstić information content (AvgIpc) is 2.89. The number of hydrogen-bond donors (Lipinski definition) is 0. The maximum atomic E-state index is 13.9. The summed E-state index contributed by atoms with van der Waals surface area (Å²) in [7, 11) is 0. The summed E-state index contributed by atoms with van der Waals surface area (Å²) < 4.78 is 33.2. The summed E-state index contributed by atoms with van der Waals surface area (Å²) in [5, 5.41) is 0. The molecule has 0 aliphatic carbocycles. The Morgan fingerprint density at radius 1 is 0.694 bits per heavy atom. The topological polar surface area (TPSA) is 35.0 Å². The monoisotopic (exact) mass is 502 g/mol. The van der Waals surface area contributed by atoms with E-state index in [0.717, 1.165) is 24.8 Å². The van der Waals surface area contributed by atoms with Crippen LogP contribution in [-0.4, -0.2) is 28.9 Å². The van der Waals surface area contributed by atoms with Gasteiger partial charge >= 0.3 is 0 Å². The Kier molecular flexibility index (Phi) is 16.0. The Morgan fingerprint density at radius 2 is 1.25 bits per heavy atom. The molecule has 0 aliphatic heterocycles. The minimum absolute atomic E-state index is 0.0476. The summed E-state index contributed by atoms with van der Waals surface area (Å²) in [5.74, 6) is 1.15. The highest BCUT2D eigenvalue weighted by atomic mass is 19.1. The molecule has 1 aromatic heterocycles. The van der Waals surface area contributed by atoms with Crippen LogP contribution in [0.1, 0.15) is 116 Å². The van der Waals surface area contributed by atoms with Crippen LogP contribution in [0, 0.1) is 0 Å². The summed E-state index contributed by atoms with van der Waals surface area (Å²) in [6.45, 7) is 4.47. The van der Waals surface area contributed by atoms with Crippen LogP contribution in [0.5, 0.6) is 5.75 Å². The van der Waals surface area contributed by atoms with Gasteiger partial charge in [0.05, 0.1) is 19.0 Å². The Balaban J connectivity index is 1.61. The number of aromatic nitrogens is 2. The van der Waals surface area contributed by atoms with Crippen LogP contribution >= 0.6 is 0 Å². The van der Waals surface area contributed by atoms with Gasteiger partial charge in [-0.2, -0.15) is 0 Å². The second-order valence-corrected chi connectivity index (χ2v) is 10.1. The Morgan fingerprint density at radius 3 is 1.86 bits per heavy atom. The third-order valence-corrected chi connectivity index (χ3v) is 6.74. The molecule has 0 amide bonds. The van der Waals surface area contributed by atoms with Crippen LogP contribution in [0.4, 0.5) is 8.78 Å². The van der Waals surface area contributed by atoms with Gasteiger partial charge in [0.1, 0.15) is 12.3 Å². The van der Waals surface area contributed by atoms with Crippen molar-refractivity contribution in [3.63, 3.8) is 0 Å². The number of ether oxygens (including phenoxy) is 1. The van der Waals surface area contributed by atoms with E-state index in [0.29, 0.717) is 18.0 Å². The molecule has 0 saturated heterocycles. The van der Waals surface area contributed by atoms with E-state index in [4.69, 9.17) is 4.74 Å². The highest BCUT2D eigenvalue weighted by Gasteiger charge is 2.15. The normalized spacial score (nSPS) is 13.0. The number of nitrogens with zero attached hydrogens (tertiary/aromatic N) is 2. The molecule has 1 heterocycles. The van der Waals surface area contributed by atoms with Gasteiger partial charge < -0.3 is 4.74 Å². The fraction of sp³-hybridized carbons (Fsp3) is 0.677. The third-order valence-electron chi connectivity index (χ3n) is 6.74. The van der Waals surface area contributed by atoms with E-state index in [-0.39, 0.29) is 19.4 Å². The summed E-state index contributed by atoms with van der Waals surface area (Å²) >= 11 is 0. The molecular formula is C31H48F2N2O. The number of hydrogen-bond acceptors (Lipinski definition) is 3. The van der Waals surface area contributed by atoms with Crippen LogP contribution in [-0.2, 0) is 6.42 Å². The van der Waals surface area contributed by atoms with Crippen molar-refractivity contribution in [2.75, 3.05) is 6.61 Å². The highest BCUT2D eigenvalue weighted by Crippen LogP contribution is 2.20. The molecule has 2 atom stereocenters. The van der Waals surface area contributed by atoms with Crippen LogP contribution in [0.15, 0.2) is 36.7 Å². The molecule has 1 aromatic carbocycles. The lowest BCUT2D eigenvalue weighted by Crippen LogP contribution is -2.14. The van der Waals surface area contributed by atoms with E-state index in [1.54, 1.807) is 12.4 Å². The van der Waals surface area contributed by atoms with E-state index >= 15 is 0 Å². The predicted molar refractivity (Wildman–Crippen MR) is 147 cm³/mol. The van der Waals surface area contributed by atoms with Gasteiger partial charge in [-0.25, -0.2) is 18.7 Å². The van der Waals surface area contributed by atoms with Crippen molar-refractivity contribution in [3.05, 3.63) is 42.2 Å². The van der Waals surface area contributed by atoms with Crippen LogP contribution in [0.2, 0.25) is 0 Å². The smallest absolute Gasteiger partial charge is 0.159 e. The van der Waals surface area contributed by atoms with Gasteiger partial charge in [-0.1, -0.05) is 109 Å². The molecule has 36 heavy (non-hydrogen) atoms. The zero-order valence-corrected chi connectivity index (χ0v) is 22.7. The summed E-state index contributed by atoms with van der Waals surface area (Å²) in [5.41, 5.74) is 2.32. The molecule has 0 radical (unpaired) electrons. The van der Waals surface area contributed by atoms with E-state index < -0.39 is 12.3 Å². The lowest BCUT2D eigenvalue weighted by atomic mass is 10.0. The minimum Gasteiger partial charge on any atom is -0.490 e. The SMILES string of the molecule is CCCCCCCCCCCCc1ccc(-c2ncc(OCCC(F)CC(F)CCCC)cn2)cc1. The van der Waals surface area contributed by atoms with E-state index in [1.807, 2.05) is 6.92 Å². The second-order valence-electron chi connectivity index (χ2n) is 10.1. The van der Waals surface area contributed by atoms with E-state index in [9.17, 15) is 8.78 Å². The number of benzene rings is 1. The number of rotatable bonds is 21. The molecular weight excluding hydrogens is 454 g/mol. The van der Waals surface area contributed by atoms with Crippen molar-refractivity contribution in [1.29, 1.82) is 0 Å². The van der Waals surface area contributed by atoms with Crippen LogP contribution in [0.25, 0.3) is 11.4 Å². The van der Waals surface area contributed by atoms with Gasteiger partial charge in [-0.05, 0) is 24.8 Å². The van der Waals surface area contributed by atoms with E-state index in [2.05, 4.69) is 41.2 Å². The molecule has 2 aromatic rings. The molecule has 2 rings (SSSR count). The van der Waals surface area contributed by atoms with Crippen LogP contribution < -0.4 is 4.74 Å². The zero-order chi connectivity index (χ0) is 25.8. The highest BCUT2D eigenvalue weighted by molar-refractivity contribution is 5.55. The second kappa shape index (κ2) is 19.1. The van der Waals surface area contributed by atoms with Gasteiger partial charge in [0.2, 0.25) is 0 Å². The summed E-state index contributed by atoms with van der Waals surface area (Å²) in [4.78, 5) is 8.79. The summed E-state index contributed by atoms with van der Waals surface area (Å²) in [6, 6.07) is 8.47. The predicted octanol–water partition coefficient (Wildman–Crippen LogP) is 9.63. The van der Waals surface area contributed by atoms with Gasteiger partial charge in [0, 0.05) is 18.4 Å². The van der Waals surface area contributed by atoms with Gasteiger partial charge in [0.15, 0.2) is 11.6 Å². The molecule has 0 spiro atoms. The Hall–Kier alpha value is -2.04. The molecule has 5 heteroatoms. The van der Waals surface area contributed by atoms with Crippen LogP contribution in [0.3, 0.4) is 0 Å².